The van der Waals surface area contributed by atoms with Crippen molar-refractivity contribution in [2.24, 2.45) is 0 Å². The topological polar surface area (TPSA) is 91.3 Å². The summed E-state index contributed by atoms with van der Waals surface area (Å²) < 4.78 is 35.2. The van der Waals surface area contributed by atoms with E-state index >= 15 is 0 Å². The standard InChI is InChI=1S/C55H104NO7P/c1-6-8-10-12-14-16-18-20-22-24-26-27-28-29-30-31-33-35-37-39-41-43-45-47-50-60-52-54(53-62-64(58,59)61-51-49-56(3,4)5)63-55(57)48-46-44-42-40-38-36-34-32-25-23-21-19-17-15-13-11-9-7-2/h17-20,23-26,54H,6-16,21-22,27-53H2,1-5H3/p+1/b19-17-,20-18-,25-23-,26-24-. The Morgan fingerprint density at radius 1 is 0.484 bits per heavy atom. The Hall–Kier alpha value is -1.54. The molecule has 0 saturated heterocycles. The smallest absolute Gasteiger partial charge is 0.457 e. The zero-order chi connectivity index (χ0) is 46.9. The molecule has 0 rings (SSSR count). The maximum absolute atomic E-state index is 12.8. The Kier molecular flexibility index (Phi) is 46.8. The first kappa shape index (κ1) is 62.5. The fourth-order valence-corrected chi connectivity index (χ4v) is 8.18. The lowest BCUT2D eigenvalue weighted by atomic mass is 10.0. The Bertz CT molecular complexity index is 1160. The molecule has 0 aliphatic rings. The van der Waals surface area contributed by atoms with Gasteiger partial charge in [-0.15, -0.1) is 0 Å². The summed E-state index contributed by atoms with van der Waals surface area (Å²) >= 11 is 0. The van der Waals surface area contributed by atoms with Crippen LogP contribution < -0.4 is 0 Å². The van der Waals surface area contributed by atoms with Crippen LogP contribution in [0.4, 0.5) is 0 Å². The van der Waals surface area contributed by atoms with Gasteiger partial charge in [0.2, 0.25) is 0 Å². The number of likely N-dealkylation sites (N-methyl/N-ethyl adjacent to an activating group) is 1. The number of rotatable bonds is 50. The highest BCUT2D eigenvalue weighted by molar-refractivity contribution is 7.47. The molecule has 0 aromatic rings. The highest BCUT2D eigenvalue weighted by Crippen LogP contribution is 2.43. The molecule has 0 aromatic carbocycles. The van der Waals surface area contributed by atoms with E-state index in [1.54, 1.807) is 0 Å². The number of carbonyl (C=O) groups excluding carboxylic acids is 1. The van der Waals surface area contributed by atoms with Gasteiger partial charge in [-0.1, -0.05) is 204 Å². The highest BCUT2D eigenvalue weighted by atomic mass is 31.2. The number of hydrogen-bond donors (Lipinski definition) is 1. The molecule has 376 valence electrons. The first-order valence-corrected chi connectivity index (χ1v) is 28.4. The van der Waals surface area contributed by atoms with Gasteiger partial charge < -0.3 is 18.9 Å². The van der Waals surface area contributed by atoms with Crippen molar-refractivity contribution in [2.75, 3.05) is 54.1 Å². The minimum atomic E-state index is -4.28. The van der Waals surface area contributed by atoms with Crippen molar-refractivity contribution in [3.8, 4) is 0 Å². The molecule has 0 aliphatic carbocycles. The summed E-state index contributed by atoms with van der Waals surface area (Å²) in [7, 11) is 1.66. The lowest BCUT2D eigenvalue weighted by Crippen LogP contribution is -2.37. The summed E-state index contributed by atoms with van der Waals surface area (Å²) in [4.78, 5) is 23.0. The van der Waals surface area contributed by atoms with Crippen LogP contribution in [0.3, 0.4) is 0 Å². The third kappa shape index (κ3) is 51.4. The molecule has 0 heterocycles. The van der Waals surface area contributed by atoms with Crippen LogP contribution >= 0.6 is 7.82 Å². The van der Waals surface area contributed by atoms with E-state index in [1.807, 2.05) is 21.1 Å². The molecule has 2 atom stereocenters. The fourth-order valence-electron chi connectivity index (χ4n) is 7.44. The Balaban J connectivity index is 4.11. The number of phosphoric ester groups is 1. The SMILES string of the molecule is CCCCCC/C=C\C/C=C\CCCCCCCCCC(=O)OC(COCCCCCCCCCCCCCC/C=C\C/C=C\CCCCCCC)COP(=O)(O)OCC[N+](C)(C)C. The largest absolute Gasteiger partial charge is 0.472 e. The maximum atomic E-state index is 12.8. The van der Waals surface area contributed by atoms with Gasteiger partial charge >= 0.3 is 13.8 Å². The average molecular weight is 923 g/mol. The van der Waals surface area contributed by atoms with Gasteiger partial charge in [-0.25, -0.2) is 4.57 Å². The number of esters is 1. The number of hydrogen-bond acceptors (Lipinski definition) is 6. The van der Waals surface area contributed by atoms with E-state index in [4.69, 9.17) is 18.5 Å². The third-order valence-electron chi connectivity index (χ3n) is 11.6. The first-order valence-electron chi connectivity index (χ1n) is 26.9. The fraction of sp³-hybridized carbons (Fsp3) is 0.836. The van der Waals surface area contributed by atoms with Crippen molar-refractivity contribution in [3.63, 3.8) is 0 Å². The van der Waals surface area contributed by atoms with Gasteiger partial charge in [0.1, 0.15) is 19.3 Å². The molecule has 0 fully saturated rings. The number of allylic oxidation sites excluding steroid dienone is 8. The normalized spacial score (nSPS) is 13.9. The Morgan fingerprint density at radius 3 is 1.28 bits per heavy atom. The van der Waals surface area contributed by atoms with Crippen LogP contribution in [0, 0.1) is 0 Å². The second kappa shape index (κ2) is 47.9. The van der Waals surface area contributed by atoms with Gasteiger partial charge in [0, 0.05) is 13.0 Å². The molecular formula is C55H105NO7P+. The second-order valence-corrected chi connectivity index (χ2v) is 20.7. The van der Waals surface area contributed by atoms with Crippen molar-refractivity contribution < 1.29 is 37.3 Å². The molecule has 1 N–H and O–H groups in total. The van der Waals surface area contributed by atoms with E-state index in [1.165, 1.54) is 167 Å². The van der Waals surface area contributed by atoms with Gasteiger partial charge in [-0.2, -0.15) is 0 Å². The van der Waals surface area contributed by atoms with Gasteiger partial charge in [0.25, 0.3) is 0 Å². The number of carbonyl (C=O) groups is 1. The van der Waals surface area contributed by atoms with E-state index in [2.05, 4.69) is 62.5 Å². The van der Waals surface area contributed by atoms with Crippen molar-refractivity contribution in [1.29, 1.82) is 0 Å². The molecule has 9 heteroatoms. The van der Waals surface area contributed by atoms with Crippen molar-refractivity contribution in [2.45, 2.75) is 245 Å². The number of nitrogens with zero attached hydrogens (tertiary/aromatic N) is 1. The number of phosphoric acid groups is 1. The Morgan fingerprint density at radius 2 is 0.859 bits per heavy atom. The quantitative estimate of drug-likeness (QED) is 0.0214. The van der Waals surface area contributed by atoms with Crippen molar-refractivity contribution in [1.82, 2.24) is 0 Å². The van der Waals surface area contributed by atoms with E-state index in [0.717, 1.165) is 51.4 Å². The van der Waals surface area contributed by atoms with Gasteiger partial charge in [-0.3, -0.25) is 13.8 Å². The predicted molar refractivity (Wildman–Crippen MR) is 275 cm³/mol. The molecule has 0 radical (unpaired) electrons. The van der Waals surface area contributed by atoms with Crippen molar-refractivity contribution >= 4 is 13.8 Å². The van der Waals surface area contributed by atoms with Crippen LogP contribution in [-0.2, 0) is 27.9 Å². The van der Waals surface area contributed by atoms with Crippen LogP contribution in [0.2, 0.25) is 0 Å². The summed E-state index contributed by atoms with van der Waals surface area (Å²) in [5, 5.41) is 0. The van der Waals surface area contributed by atoms with E-state index < -0.39 is 13.9 Å². The lowest BCUT2D eigenvalue weighted by Gasteiger charge is -2.24. The first-order chi connectivity index (χ1) is 31.1. The third-order valence-corrected chi connectivity index (χ3v) is 12.6. The van der Waals surface area contributed by atoms with E-state index in [-0.39, 0.29) is 25.8 Å². The van der Waals surface area contributed by atoms with E-state index in [9.17, 15) is 14.3 Å². The van der Waals surface area contributed by atoms with Crippen LogP contribution in [0.1, 0.15) is 239 Å². The number of unbranched alkanes of at least 4 members (excludes halogenated alkanes) is 28. The zero-order valence-electron chi connectivity index (χ0n) is 42.8. The maximum Gasteiger partial charge on any atom is 0.472 e. The summed E-state index contributed by atoms with van der Waals surface area (Å²) in [6.45, 7) is 5.61. The summed E-state index contributed by atoms with van der Waals surface area (Å²) in [5.41, 5.74) is 0. The predicted octanol–water partition coefficient (Wildman–Crippen LogP) is 16.7. The molecule has 2 unspecified atom stereocenters. The minimum Gasteiger partial charge on any atom is -0.457 e. The molecule has 64 heavy (non-hydrogen) atoms. The number of quaternary nitrogens is 1. The average Bonchev–Trinajstić information content (AvgIpc) is 3.25. The summed E-state index contributed by atoms with van der Waals surface area (Å²) in [6.07, 6.45) is 60.1. The Labute approximate surface area is 397 Å². The van der Waals surface area contributed by atoms with Crippen LogP contribution in [-0.4, -0.2) is 75.6 Å². The summed E-state index contributed by atoms with van der Waals surface area (Å²) in [6, 6.07) is 0. The van der Waals surface area contributed by atoms with Crippen LogP contribution in [0.25, 0.3) is 0 Å². The molecule has 0 amide bonds. The van der Waals surface area contributed by atoms with Crippen LogP contribution in [0.15, 0.2) is 48.6 Å². The molecule has 0 saturated carbocycles. The number of ether oxygens (including phenoxy) is 2. The molecule has 8 nitrogen and oxygen atoms in total. The zero-order valence-corrected chi connectivity index (χ0v) is 43.7. The molecule has 0 aromatic heterocycles. The molecular weight excluding hydrogens is 818 g/mol. The van der Waals surface area contributed by atoms with Crippen LogP contribution in [0.5, 0.6) is 0 Å². The summed E-state index contributed by atoms with van der Waals surface area (Å²) in [5.74, 6) is -0.320. The van der Waals surface area contributed by atoms with E-state index in [0.29, 0.717) is 24.1 Å². The van der Waals surface area contributed by atoms with Gasteiger partial charge in [0.15, 0.2) is 0 Å². The lowest BCUT2D eigenvalue weighted by molar-refractivity contribution is -0.870. The van der Waals surface area contributed by atoms with Gasteiger partial charge in [-0.05, 0) is 77.0 Å². The monoisotopic (exact) mass is 923 g/mol. The molecule has 0 spiro atoms. The highest BCUT2D eigenvalue weighted by Gasteiger charge is 2.26. The minimum absolute atomic E-state index is 0.0861. The van der Waals surface area contributed by atoms with Crippen molar-refractivity contribution in [3.05, 3.63) is 48.6 Å². The second-order valence-electron chi connectivity index (χ2n) is 19.3. The van der Waals surface area contributed by atoms with Gasteiger partial charge in [0.05, 0.1) is 34.4 Å². The molecule has 0 bridgehead atoms. The molecule has 0 aliphatic heterocycles.